The number of nitrogens with two attached hydrogens (primary N) is 1. The predicted molar refractivity (Wildman–Crippen MR) is 152 cm³/mol. The van der Waals surface area contributed by atoms with Crippen molar-refractivity contribution in [3.63, 3.8) is 0 Å². The minimum absolute atomic E-state index is 0.127. The number of nitrogens with one attached hydrogen (secondary N) is 1. The Labute approximate surface area is 243 Å². The van der Waals surface area contributed by atoms with Crippen molar-refractivity contribution in [1.29, 1.82) is 0 Å². The maximum atomic E-state index is 12.8. The number of anilines is 1. The van der Waals surface area contributed by atoms with Crippen molar-refractivity contribution in [2.45, 2.75) is 55.7 Å². The number of carbonyl (C=O) groups excluding carboxylic acids is 2. The molecule has 0 saturated carbocycles. The van der Waals surface area contributed by atoms with Gasteiger partial charge in [-0.1, -0.05) is 18.3 Å². The Morgan fingerprint density at radius 1 is 1.27 bits per heavy atom. The van der Waals surface area contributed by atoms with Crippen LogP contribution in [0.1, 0.15) is 33.1 Å². The highest BCUT2D eigenvalue weighted by molar-refractivity contribution is 9.10. The van der Waals surface area contributed by atoms with Gasteiger partial charge in [-0.15, -0.1) is 0 Å². The Balaban J connectivity index is 1.24. The van der Waals surface area contributed by atoms with Crippen LogP contribution in [-0.4, -0.2) is 62.3 Å². The van der Waals surface area contributed by atoms with Crippen LogP contribution in [-0.2, 0) is 16.1 Å². The number of amides is 2. The van der Waals surface area contributed by atoms with Gasteiger partial charge >= 0.3 is 6.09 Å². The minimum atomic E-state index is -0.680. The number of rotatable bonds is 8. The molecule has 5 rings (SSSR count). The lowest BCUT2D eigenvalue weighted by Crippen LogP contribution is -2.49. The maximum Gasteiger partial charge on any atom is 0.412 e. The number of nitrogen functional groups attached to an aromatic ring is 1. The van der Waals surface area contributed by atoms with E-state index in [-0.39, 0.29) is 18.5 Å². The van der Waals surface area contributed by atoms with E-state index >= 15 is 0 Å². The lowest BCUT2D eigenvalue weighted by molar-refractivity contribution is -0.134. The Morgan fingerprint density at radius 2 is 2.00 bits per heavy atom. The highest BCUT2D eigenvalue weighted by Gasteiger charge is 2.28. The monoisotopic (exact) mass is 631 g/mol. The Kier molecular flexibility index (Phi) is 8.35. The molecule has 1 saturated heterocycles. The van der Waals surface area contributed by atoms with Gasteiger partial charge in [0.2, 0.25) is 12.7 Å². The molecule has 0 spiro atoms. The van der Waals surface area contributed by atoms with E-state index in [1.165, 1.54) is 18.1 Å². The first kappa shape index (κ1) is 28.0. The number of hydrogen-bond donors (Lipinski definition) is 2. The molecule has 2 amide bonds. The van der Waals surface area contributed by atoms with E-state index in [9.17, 15) is 9.59 Å². The van der Waals surface area contributed by atoms with Gasteiger partial charge in [0.05, 0.1) is 5.76 Å². The van der Waals surface area contributed by atoms with Gasteiger partial charge in [0.15, 0.2) is 33.6 Å². The molecule has 3 aromatic rings. The number of benzene rings is 1. The van der Waals surface area contributed by atoms with Crippen LogP contribution in [0.25, 0.3) is 11.2 Å². The number of ether oxygens (including phenoxy) is 3. The molecule has 1 atom stereocenters. The van der Waals surface area contributed by atoms with Gasteiger partial charge in [-0.3, -0.25) is 4.79 Å². The van der Waals surface area contributed by atoms with Gasteiger partial charge in [0.1, 0.15) is 12.4 Å². The fraction of sp³-hybridized carbons (Fsp3) is 0.423. The Bertz CT molecular complexity index is 1460. The van der Waals surface area contributed by atoms with E-state index in [1.54, 1.807) is 18.7 Å². The van der Waals surface area contributed by atoms with Gasteiger partial charge in [-0.25, -0.2) is 19.7 Å². The number of imidazole rings is 1. The number of carbonyl (C=O) groups is 2. The Hall–Kier alpha value is -3.52. The normalized spacial score (nSPS) is 15.7. The van der Waals surface area contributed by atoms with E-state index in [4.69, 9.17) is 24.9 Å². The zero-order valence-electron chi connectivity index (χ0n) is 22.2. The number of alkyl carbamates (subject to hydrolysis) is 1. The topological polar surface area (TPSA) is 147 Å². The molecule has 0 bridgehead atoms. The van der Waals surface area contributed by atoms with Crippen molar-refractivity contribution in [1.82, 2.24) is 29.7 Å². The first-order valence-corrected chi connectivity index (χ1v) is 14.5. The van der Waals surface area contributed by atoms with Crippen molar-refractivity contribution >= 4 is 56.7 Å². The molecule has 1 fully saturated rings. The molecule has 2 aliphatic heterocycles. The third-order valence-corrected chi connectivity index (χ3v) is 8.78. The van der Waals surface area contributed by atoms with Crippen LogP contribution in [0.3, 0.4) is 0 Å². The van der Waals surface area contributed by atoms with Crippen molar-refractivity contribution in [2.75, 3.05) is 25.6 Å². The first-order chi connectivity index (χ1) is 19.2. The van der Waals surface area contributed by atoms with Crippen molar-refractivity contribution in [2.24, 2.45) is 5.92 Å². The number of aryl methyl sites for hydroxylation is 1. The van der Waals surface area contributed by atoms with Crippen molar-refractivity contribution in [3.05, 3.63) is 35.3 Å². The molecule has 0 radical (unpaired) electrons. The quantitative estimate of drug-likeness (QED) is 0.344. The lowest BCUT2D eigenvalue weighted by Gasteiger charge is -2.33. The third-order valence-electron chi connectivity index (χ3n) is 6.81. The molecule has 40 heavy (non-hydrogen) atoms. The van der Waals surface area contributed by atoms with Crippen molar-refractivity contribution < 1.29 is 23.8 Å². The maximum absolute atomic E-state index is 12.8. The predicted octanol–water partition coefficient (Wildman–Crippen LogP) is 4.33. The van der Waals surface area contributed by atoms with Gasteiger partial charge in [0, 0.05) is 29.0 Å². The largest absolute Gasteiger partial charge is 0.454 e. The second-order valence-corrected chi connectivity index (χ2v) is 11.6. The van der Waals surface area contributed by atoms with Crippen LogP contribution in [0.15, 0.2) is 45.3 Å². The molecular formula is C26H30BrN7O5S. The molecule has 3 N–H and O–H groups in total. The van der Waals surface area contributed by atoms with Crippen LogP contribution in [0.2, 0.25) is 0 Å². The number of fused-ring (bicyclic) bond motifs is 2. The van der Waals surface area contributed by atoms with Crippen LogP contribution < -0.4 is 20.5 Å². The van der Waals surface area contributed by atoms with Crippen LogP contribution in [0.4, 0.5) is 10.6 Å². The number of halogens is 1. The van der Waals surface area contributed by atoms with Gasteiger partial charge in [0.25, 0.3) is 0 Å². The summed E-state index contributed by atoms with van der Waals surface area (Å²) >= 11 is 5.12. The van der Waals surface area contributed by atoms with E-state index in [2.05, 4.69) is 42.4 Å². The van der Waals surface area contributed by atoms with E-state index in [1.807, 2.05) is 12.1 Å². The minimum Gasteiger partial charge on any atom is -0.454 e. The fourth-order valence-electron chi connectivity index (χ4n) is 4.74. The molecule has 2 aliphatic rings. The van der Waals surface area contributed by atoms with Crippen LogP contribution >= 0.6 is 27.7 Å². The molecule has 1 aromatic carbocycles. The summed E-state index contributed by atoms with van der Waals surface area (Å²) in [6.07, 6.45) is 3.36. The number of nitrogens with zero attached hydrogens (tertiary/aromatic N) is 5. The second-order valence-electron chi connectivity index (χ2n) is 9.73. The highest BCUT2D eigenvalue weighted by Crippen LogP contribution is 2.43. The van der Waals surface area contributed by atoms with E-state index in [0.29, 0.717) is 54.0 Å². The molecule has 2 aromatic heterocycles. The average Bonchev–Trinajstić information content (AvgIpc) is 3.51. The van der Waals surface area contributed by atoms with Crippen LogP contribution in [0, 0.1) is 5.92 Å². The molecular weight excluding hydrogens is 602 g/mol. The first-order valence-electron chi connectivity index (χ1n) is 12.9. The fourth-order valence-corrected chi connectivity index (χ4v) is 6.25. The van der Waals surface area contributed by atoms with Crippen molar-refractivity contribution in [3.8, 4) is 11.5 Å². The molecule has 12 nitrogen and oxygen atoms in total. The molecule has 0 aliphatic carbocycles. The summed E-state index contributed by atoms with van der Waals surface area (Å²) in [6, 6.07) is 3.14. The summed E-state index contributed by atoms with van der Waals surface area (Å²) in [7, 11) is 0. The van der Waals surface area contributed by atoms with Gasteiger partial charge < -0.3 is 34.7 Å². The lowest BCUT2D eigenvalue weighted by atomic mass is 9.93. The SMILES string of the molecule is C=C(C)OC(=O)N[C@@H](C)C(=O)N1CCC(CCn2c(Sc3cc4c(cc3Br)OCO4)nc3c(N)ncnc32)CC1. The highest BCUT2D eigenvalue weighted by atomic mass is 79.9. The zero-order chi connectivity index (χ0) is 28.4. The molecule has 212 valence electrons. The van der Waals surface area contributed by atoms with E-state index in [0.717, 1.165) is 33.8 Å². The standard InChI is InChI=1S/C26H30BrN7O5S/c1-14(2)39-26(36)31-15(3)24(35)33-7-4-16(5-8-33)6-9-34-23-21(22(28)29-12-30-23)32-25(34)40-20-11-19-18(10-17(20)27)37-13-38-19/h10-12,15-16H,1,4-9,13H2,2-3H3,(H,31,36)(H2,28,29,30)/t15-/m0/s1. The van der Waals surface area contributed by atoms with Gasteiger partial charge in [-0.2, -0.15) is 0 Å². The summed E-state index contributed by atoms with van der Waals surface area (Å²) in [5.74, 6) is 2.26. The van der Waals surface area contributed by atoms with Gasteiger partial charge in [-0.05, 0) is 67.1 Å². The molecule has 4 heterocycles. The number of aromatic nitrogens is 4. The summed E-state index contributed by atoms with van der Waals surface area (Å²) in [5.41, 5.74) is 7.38. The smallest absolute Gasteiger partial charge is 0.412 e. The van der Waals surface area contributed by atoms with Crippen LogP contribution in [0.5, 0.6) is 11.5 Å². The molecule has 0 unspecified atom stereocenters. The number of piperidine rings is 1. The van der Waals surface area contributed by atoms with E-state index < -0.39 is 12.1 Å². The zero-order valence-corrected chi connectivity index (χ0v) is 24.6. The summed E-state index contributed by atoms with van der Waals surface area (Å²) in [6.45, 7) is 8.88. The number of allylic oxidation sites excluding steroid dienone is 1. The summed E-state index contributed by atoms with van der Waals surface area (Å²) in [4.78, 5) is 40.8. The summed E-state index contributed by atoms with van der Waals surface area (Å²) < 4.78 is 18.9. The summed E-state index contributed by atoms with van der Waals surface area (Å²) in [5, 5.41) is 3.31. The Morgan fingerprint density at radius 3 is 2.73 bits per heavy atom. The molecule has 14 heteroatoms. The third kappa shape index (κ3) is 6.12. The second kappa shape index (κ2) is 11.9. The average molecular weight is 633 g/mol. The number of likely N-dealkylation sites (tertiary alicyclic amines) is 1. The number of hydrogen-bond acceptors (Lipinski definition) is 10.